The van der Waals surface area contributed by atoms with Gasteiger partial charge in [-0.25, -0.2) is 9.97 Å². The summed E-state index contributed by atoms with van der Waals surface area (Å²) in [6.07, 6.45) is -8.95. The van der Waals surface area contributed by atoms with Gasteiger partial charge in [-0.1, -0.05) is 0 Å². The first kappa shape index (κ1) is 36.5. The molecule has 2 aromatic heterocycles. The molecule has 12 nitrogen and oxygen atoms in total. The van der Waals surface area contributed by atoms with Gasteiger partial charge < -0.3 is 35.0 Å². The summed E-state index contributed by atoms with van der Waals surface area (Å²) in [5.74, 6) is 0.599. The number of rotatable bonds is 5. The van der Waals surface area contributed by atoms with Crippen LogP contribution in [0.25, 0.3) is 44.8 Å². The number of nitrogens with two attached hydrogens (primary N) is 1. The van der Waals surface area contributed by atoms with E-state index in [-0.39, 0.29) is 17.1 Å². The van der Waals surface area contributed by atoms with E-state index in [0.29, 0.717) is 103 Å². The van der Waals surface area contributed by atoms with Crippen LogP contribution in [0.5, 0.6) is 0 Å². The molecule has 2 aliphatic rings. The van der Waals surface area contributed by atoms with E-state index < -0.39 is 28.4 Å². The Morgan fingerprint density at radius 3 is 1.54 bits per heavy atom. The number of halogens is 6. The maximum atomic E-state index is 13.4. The predicted molar refractivity (Wildman–Crippen MR) is 190 cm³/mol. The second kappa shape index (κ2) is 14.5. The minimum Gasteiger partial charge on any atom is -0.399 e. The Kier molecular flexibility index (Phi) is 9.80. The number of non-ortho nitro benzene ring substituents is 1. The lowest BCUT2D eigenvalue weighted by molar-refractivity contribution is -0.384. The van der Waals surface area contributed by atoms with Crippen molar-refractivity contribution < 1.29 is 40.7 Å². The Hall–Kier alpha value is -5.88. The smallest absolute Gasteiger partial charge is 0.399 e. The number of aromatic nitrogens is 4. The summed E-state index contributed by atoms with van der Waals surface area (Å²) in [6, 6.07) is 17.0. The van der Waals surface area contributed by atoms with Crippen LogP contribution in [0.1, 0.15) is 11.1 Å². The van der Waals surface area contributed by atoms with Gasteiger partial charge in [0.25, 0.3) is 5.69 Å². The van der Waals surface area contributed by atoms with E-state index in [1.807, 2.05) is 9.80 Å². The number of hydrogen-bond donors (Lipinski definition) is 3. The van der Waals surface area contributed by atoms with Crippen molar-refractivity contribution in [3.8, 4) is 22.8 Å². The average Bonchev–Trinajstić information content (AvgIpc) is 3.79. The van der Waals surface area contributed by atoms with Crippen molar-refractivity contribution in [1.82, 2.24) is 19.9 Å². The first-order valence-electron chi connectivity index (χ1n) is 16.7. The quantitative estimate of drug-likeness (QED) is 0.0698. The lowest BCUT2D eigenvalue weighted by Gasteiger charge is -2.29. The lowest BCUT2D eigenvalue weighted by Crippen LogP contribution is -2.36. The molecule has 2 fully saturated rings. The van der Waals surface area contributed by atoms with Crippen LogP contribution in [0.15, 0.2) is 72.8 Å². The minimum absolute atomic E-state index is 0.124. The number of morpholine rings is 2. The van der Waals surface area contributed by atoms with Gasteiger partial charge in [0, 0.05) is 66.5 Å². The number of aromatic amines is 2. The fourth-order valence-corrected chi connectivity index (χ4v) is 6.24. The standard InChI is InChI=1S/C18H15F3N4O3.C18H17F3N4O/c19-18(20,21)12-7-11(8-14(9-12)24-3-5-28-6-4-24)17-22-15-2-1-13(25(26)27)10-16(15)23-17;19-18(20,21)12-7-11(8-14(9-12)25-3-5-26-6-4-25)17-23-15-2-1-13(22)10-16(15)24-17/h1-2,7-10H,3-6H2,(H,22,23);1-2,7-10H,3-6,22H2,(H,23,24). The highest BCUT2D eigenvalue weighted by Gasteiger charge is 2.33. The molecule has 0 atom stereocenters. The molecule has 4 N–H and O–H groups in total. The van der Waals surface area contributed by atoms with Gasteiger partial charge in [-0.15, -0.1) is 0 Å². The van der Waals surface area contributed by atoms with Gasteiger partial charge >= 0.3 is 12.4 Å². The lowest BCUT2D eigenvalue weighted by atomic mass is 10.1. The number of alkyl halides is 6. The van der Waals surface area contributed by atoms with Crippen LogP contribution in [0.3, 0.4) is 0 Å². The van der Waals surface area contributed by atoms with Gasteiger partial charge in [-0.2, -0.15) is 26.3 Å². The zero-order chi connectivity index (χ0) is 38.2. The Morgan fingerprint density at radius 1 is 0.648 bits per heavy atom. The van der Waals surface area contributed by atoms with Crippen LogP contribution in [0, 0.1) is 10.1 Å². The van der Waals surface area contributed by atoms with Crippen molar-refractivity contribution in [1.29, 1.82) is 0 Å². The number of nitrogen functional groups attached to an aromatic ring is 1. The van der Waals surface area contributed by atoms with Gasteiger partial charge in [-0.3, -0.25) is 10.1 Å². The van der Waals surface area contributed by atoms with Gasteiger partial charge in [0.15, 0.2) is 0 Å². The Bertz CT molecular complexity index is 2310. The number of fused-ring (bicyclic) bond motifs is 2. The monoisotopic (exact) mass is 754 g/mol. The molecule has 4 heterocycles. The molecule has 0 amide bonds. The molecule has 0 radical (unpaired) electrons. The molecule has 0 unspecified atom stereocenters. The number of nitrogens with zero attached hydrogens (tertiary/aromatic N) is 5. The second-order valence-corrected chi connectivity index (χ2v) is 12.6. The van der Waals surface area contributed by atoms with Crippen LogP contribution in [0.4, 0.5) is 49.1 Å². The fourth-order valence-electron chi connectivity index (χ4n) is 6.24. The number of nitro groups is 1. The van der Waals surface area contributed by atoms with Crippen LogP contribution < -0.4 is 15.5 Å². The summed E-state index contributed by atoms with van der Waals surface area (Å²) in [7, 11) is 0. The molecular weight excluding hydrogens is 722 g/mol. The fraction of sp³-hybridized carbons (Fsp3) is 0.278. The summed E-state index contributed by atoms with van der Waals surface area (Å²) in [5.41, 5.74) is 8.46. The number of ether oxygens (including phenoxy) is 2. The highest BCUT2D eigenvalue weighted by molar-refractivity contribution is 5.83. The third kappa shape index (κ3) is 8.03. The normalized spacial score (nSPS) is 15.4. The van der Waals surface area contributed by atoms with Crippen molar-refractivity contribution in [3.63, 3.8) is 0 Å². The maximum absolute atomic E-state index is 13.4. The predicted octanol–water partition coefficient (Wildman–Crippen LogP) is 7.66. The zero-order valence-corrected chi connectivity index (χ0v) is 28.3. The molecular formula is C36H32F6N8O4. The number of imidazole rings is 2. The Labute approximate surface area is 302 Å². The number of H-pyrrole nitrogens is 2. The van der Waals surface area contributed by atoms with Gasteiger partial charge in [0.2, 0.25) is 0 Å². The highest BCUT2D eigenvalue weighted by Crippen LogP contribution is 2.38. The molecule has 18 heteroatoms. The summed E-state index contributed by atoms with van der Waals surface area (Å²) in [4.78, 5) is 28.8. The number of nitrogens with one attached hydrogen (secondary N) is 2. The molecule has 4 aromatic carbocycles. The molecule has 6 aromatic rings. The molecule has 282 valence electrons. The summed E-state index contributed by atoms with van der Waals surface area (Å²) in [5, 5.41) is 10.9. The number of nitro benzene ring substituents is 1. The molecule has 2 aliphatic heterocycles. The van der Waals surface area contributed by atoms with Crippen molar-refractivity contribution in [2.24, 2.45) is 0 Å². The average molecular weight is 755 g/mol. The zero-order valence-electron chi connectivity index (χ0n) is 28.3. The summed E-state index contributed by atoms with van der Waals surface area (Å²) >= 11 is 0. The summed E-state index contributed by atoms with van der Waals surface area (Å²) < 4.78 is 91.0. The van der Waals surface area contributed by atoms with Crippen molar-refractivity contribution in [2.45, 2.75) is 12.4 Å². The van der Waals surface area contributed by atoms with Gasteiger partial charge in [0.1, 0.15) is 11.6 Å². The van der Waals surface area contributed by atoms with E-state index >= 15 is 0 Å². The van der Waals surface area contributed by atoms with Crippen molar-refractivity contribution in [3.05, 3.63) is 94.0 Å². The van der Waals surface area contributed by atoms with E-state index in [1.165, 1.54) is 24.3 Å². The van der Waals surface area contributed by atoms with Crippen molar-refractivity contribution >= 4 is 44.8 Å². The van der Waals surface area contributed by atoms with E-state index in [0.717, 1.165) is 18.2 Å². The highest BCUT2D eigenvalue weighted by atomic mass is 19.4. The molecule has 8 rings (SSSR count). The first-order valence-corrected chi connectivity index (χ1v) is 16.7. The molecule has 0 saturated carbocycles. The van der Waals surface area contributed by atoms with Crippen molar-refractivity contribution in [2.75, 3.05) is 68.1 Å². The maximum Gasteiger partial charge on any atom is 0.416 e. The SMILES string of the molecule is Nc1ccc2nc(-c3cc(N4CCOCC4)cc(C(F)(F)F)c3)[nH]c2c1.O=[N+]([O-])c1ccc2nc(-c3cc(N4CCOCC4)cc(C(F)(F)F)c3)[nH]c2c1. The van der Waals surface area contributed by atoms with Crippen LogP contribution in [0.2, 0.25) is 0 Å². The van der Waals surface area contributed by atoms with E-state index in [1.54, 1.807) is 30.3 Å². The van der Waals surface area contributed by atoms with Crippen LogP contribution >= 0.6 is 0 Å². The topological polar surface area (TPSA) is 151 Å². The summed E-state index contributed by atoms with van der Waals surface area (Å²) in [6.45, 7) is 3.97. The van der Waals surface area contributed by atoms with E-state index in [9.17, 15) is 36.5 Å². The number of hydrogen-bond acceptors (Lipinski definition) is 9. The molecule has 2 saturated heterocycles. The Balaban J connectivity index is 0.000000167. The first-order chi connectivity index (χ1) is 25.7. The number of anilines is 3. The molecule has 0 aliphatic carbocycles. The Morgan fingerprint density at radius 2 is 1.09 bits per heavy atom. The second-order valence-electron chi connectivity index (χ2n) is 12.6. The molecule has 0 spiro atoms. The molecule has 54 heavy (non-hydrogen) atoms. The van der Waals surface area contributed by atoms with E-state index in [4.69, 9.17) is 15.2 Å². The molecule has 0 bridgehead atoms. The van der Waals surface area contributed by atoms with Gasteiger partial charge in [0.05, 0.1) is 64.5 Å². The van der Waals surface area contributed by atoms with Crippen LogP contribution in [-0.2, 0) is 21.8 Å². The number of benzene rings is 4. The van der Waals surface area contributed by atoms with Crippen LogP contribution in [-0.4, -0.2) is 77.5 Å². The van der Waals surface area contributed by atoms with Gasteiger partial charge in [-0.05, 0) is 60.7 Å². The third-order valence-corrected chi connectivity index (χ3v) is 8.97. The largest absolute Gasteiger partial charge is 0.416 e. The minimum atomic E-state index is -4.51. The van der Waals surface area contributed by atoms with E-state index in [2.05, 4.69) is 19.9 Å². The third-order valence-electron chi connectivity index (χ3n) is 8.97.